The van der Waals surface area contributed by atoms with Crippen LogP contribution in [0.3, 0.4) is 0 Å². The topological polar surface area (TPSA) is 65.1 Å². The summed E-state index contributed by atoms with van der Waals surface area (Å²) in [4.78, 5) is 19.1. The number of aryl methyl sites for hydroxylation is 2. The van der Waals surface area contributed by atoms with Gasteiger partial charge in [0.1, 0.15) is 0 Å². The average molecular weight is 536 g/mol. The fraction of sp³-hybridized carbons (Fsp3) is 0.519. The molecule has 1 saturated heterocycles. The van der Waals surface area contributed by atoms with E-state index in [0.29, 0.717) is 38.0 Å². The van der Waals surface area contributed by atoms with Crippen molar-refractivity contribution < 1.29 is 14.3 Å². The lowest BCUT2D eigenvalue weighted by molar-refractivity contribution is 0.0271. The summed E-state index contributed by atoms with van der Waals surface area (Å²) in [5.41, 5.74) is 5.73. The van der Waals surface area contributed by atoms with Gasteiger partial charge in [0.15, 0.2) is 5.76 Å². The summed E-state index contributed by atoms with van der Waals surface area (Å²) < 4.78 is 7.80. The SMILES string of the molecule is Cc1ccc2c(c1)c1c3n2CCN(CC(O)CN2CCN(C(=O)c4ccco4)CC2)C3CCC1.Cl.Cl. The van der Waals surface area contributed by atoms with E-state index in [0.717, 1.165) is 32.6 Å². The fourth-order valence-corrected chi connectivity index (χ4v) is 6.33. The number of rotatable bonds is 5. The van der Waals surface area contributed by atoms with Gasteiger partial charge in [-0.15, -0.1) is 24.8 Å². The van der Waals surface area contributed by atoms with Gasteiger partial charge in [-0.2, -0.15) is 0 Å². The zero-order valence-corrected chi connectivity index (χ0v) is 22.4. The maximum atomic E-state index is 12.5. The predicted octanol–water partition coefficient (Wildman–Crippen LogP) is 3.90. The van der Waals surface area contributed by atoms with Gasteiger partial charge in [-0.3, -0.25) is 14.6 Å². The number of hydrogen-bond donors (Lipinski definition) is 1. The third kappa shape index (κ3) is 4.92. The molecule has 2 atom stereocenters. The minimum absolute atomic E-state index is 0. The van der Waals surface area contributed by atoms with Crippen LogP contribution in [0.25, 0.3) is 10.9 Å². The molecule has 3 aromatic rings. The van der Waals surface area contributed by atoms with Crippen LogP contribution in [0.2, 0.25) is 0 Å². The minimum Gasteiger partial charge on any atom is -0.459 e. The highest BCUT2D eigenvalue weighted by Crippen LogP contribution is 2.42. The Labute approximate surface area is 224 Å². The minimum atomic E-state index is -0.393. The lowest BCUT2D eigenvalue weighted by Gasteiger charge is -2.41. The number of aliphatic hydroxyl groups excluding tert-OH is 1. The Bertz CT molecular complexity index is 1190. The van der Waals surface area contributed by atoms with E-state index in [1.54, 1.807) is 12.1 Å². The van der Waals surface area contributed by atoms with Gasteiger partial charge >= 0.3 is 0 Å². The zero-order chi connectivity index (χ0) is 23.2. The molecule has 2 unspecified atom stereocenters. The van der Waals surface area contributed by atoms with Crippen molar-refractivity contribution in [3.63, 3.8) is 0 Å². The Hall–Kier alpha value is -2.03. The van der Waals surface area contributed by atoms with Crippen molar-refractivity contribution >= 4 is 41.6 Å². The third-order valence-corrected chi connectivity index (χ3v) is 7.95. The number of furan rings is 1. The van der Waals surface area contributed by atoms with Gasteiger partial charge in [0.25, 0.3) is 5.91 Å². The number of fused-ring (bicyclic) bond motifs is 3. The van der Waals surface area contributed by atoms with E-state index in [2.05, 4.69) is 39.5 Å². The fourth-order valence-electron chi connectivity index (χ4n) is 6.33. The van der Waals surface area contributed by atoms with E-state index in [1.807, 2.05) is 4.90 Å². The summed E-state index contributed by atoms with van der Waals surface area (Å²) in [6.45, 7) is 8.41. The smallest absolute Gasteiger partial charge is 0.289 e. The number of hydrogen-bond acceptors (Lipinski definition) is 5. The molecular formula is C27H36Cl2N4O3. The first-order chi connectivity index (χ1) is 16.6. The van der Waals surface area contributed by atoms with Gasteiger partial charge in [0.05, 0.1) is 18.4 Å². The monoisotopic (exact) mass is 534 g/mol. The summed E-state index contributed by atoms with van der Waals surface area (Å²) in [5, 5.41) is 12.5. The second-order valence-electron chi connectivity index (χ2n) is 10.2. The van der Waals surface area contributed by atoms with E-state index in [9.17, 15) is 9.90 Å². The highest BCUT2D eigenvalue weighted by molar-refractivity contribution is 5.91. The van der Waals surface area contributed by atoms with Crippen molar-refractivity contribution in [2.24, 2.45) is 0 Å². The second-order valence-corrected chi connectivity index (χ2v) is 10.2. The molecule has 7 nitrogen and oxygen atoms in total. The van der Waals surface area contributed by atoms with Gasteiger partial charge in [-0.05, 0) is 56.0 Å². The number of aromatic nitrogens is 1. The summed E-state index contributed by atoms with van der Waals surface area (Å²) in [6, 6.07) is 10.7. The van der Waals surface area contributed by atoms with E-state index in [1.165, 1.54) is 46.8 Å². The number of β-amino-alcohol motifs (C(OH)–C–C–N with tert-alkyl or cyclic N) is 1. The molecule has 6 rings (SSSR count). The van der Waals surface area contributed by atoms with Crippen LogP contribution in [0.15, 0.2) is 41.0 Å². The molecule has 0 bridgehead atoms. The number of carbonyl (C=O) groups is 1. The first-order valence-corrected chi connectivity index (χ1v) is 12.7. The predicted molar refractivity (Wildman–Crippen MR) is 145 cm³/mol. The summed E-state index contributed by atoms with van der Waals surface area (Å²) in [5.74, 6) is 0.357. The van der Waals surface area contributed by atoms with Crippen LogP contribution in [0.4, 0.5) is 0 Å². The van der Waals surface area contributed by atoms with Crippen LogP contribution in [-0.4, -0.2) is 82.2 Å². The van der Waals surface area contributed by atoms with Gasteiger partial charge in [0, 0.05) is 69.0 Å². The number of nitrogens with zero attached hydrogens (tertiary/aromatic N) is 4. The quantitative estimate of drug-likeness (QED) is 0.537. The number of benzene rings is 1. The molecular weight excluding hydrogens is 499 g/mol. The van der Waals surface area contributed by atoms with Crippen molar-refractivity contribution in [1.29, 1.82) is 0 Å². The molecule has 1 N–H and O–H groups in total. The normalized spacial score (nSPS) is 20.9. The molecule has 36 heavy (non-hydrogen) atoms. The number of amides is 1. The zero-order valence-electron chi connectivity index (χ0n) is 20.8. The molecule has 2 aromatic heterocycles. The van der Waals surface area contributed by atoms with Gasteiger partial charge in [-0.25, -0.2) is 0 Å². The van der Waals surface area contributed by atoms with Gasteiger partial charge < -0.3 is 19.0 Å². The summed E-state index contributed by atoms with van der Waals surface area (Å²) >= 11 is 0. The Morgan fingerprint density at radius 2 is 1.89 bits per heavy atom. The molecule has 1 fully saturated rings. The second kappa shape index (κ2) is 11.2. The van der Waals surface area contributed by atoms with Crippen LogP contribution < -0.4 is 0 Å². The molecule has 2 aliphatic heterocycles. The first kappa shape index (κ1) is 27.0. The maximum Gasteiger partial charge on any atom is 0.289 e. The van der Waals surface area contributed by atoms with Crippen molar-refractivity contribution in [3.05, 3.63) is 59.2 Å². The Kier molecular flexibility index (Phi) is 8.37. The van der Waals surface area contributed by atoms with Gasteiger partial charge in [-0.1, -0.05) is 11.6 Å². The lowest BCUT2D eigenvalue weighted by atomic mass is 9.89. The molecule has 4 heterocycles. The van der Waals surface area contributed by atoms with E-state index in [-0.39, 0.29) is 30.7 Å². The Morgan fingerprint density at radius 3 is 2.64 bits per heavy atom. The van der Waals surface area contributed by atoms with Crippen LogP contribution in [0.1, 0.15) is 46.3 Å². The molecule has 3 aliphatic rings. The highest BCUT2D eigenvalue weighted by atomic mass is 35.5. The maximum absolute atomic E-state index is 12.5. The lowest BCUT2D eigenvalue weighted by Crippen LogP contribution is -2.52. The van der Waals surface area contributed by atoms with Crippen LogP contribution in [0, 0.1) is 6.92 Å². The van der Waals surface area contributed by atoms with Crippen molar-refractivity contribution in [2.75, 3.05) is 45.8 Å². The summed E-state index contributed by atoms with van der Waals surface area (Å²) in [7, 11) is 0. The number of piperazine rings is 1. The van der Waals surface area contributed by atoms with E-state index >= 15 is 0 Å². The van der Waals surface area contributed by atoms with Crippen molar-refractivity contribution in [2.45, 2.75) is 44.9 Å². The van der Waals surface area contributed by atoms with Crippen LogP contribution in [-0.2, 0) is 13.0 Å². The summed E-state index contributed by atoms with van der Waals surface area (Å²) in [6.07, 6.45) is 4.69. The average Bonchev–Trinajstić information content (AvgIpc) is 3.49. The number of aliphatic hydroxyl groups is 1. The standard InChI is InChI=1S/C27H34N4O3.2ClH/c1-19-7-8-23-22(16-19)21-4-2-5-24-26(21)31(23)14-13-30(24)18-20(32)17-28-9-11-29(12-10-28)27(33)25-6-3-15-34-25;;/h3,6-8,15-16,20,24,32H,2,4-5,9-14,17-18H2,1H3;2*1H. The molecule has 1 aliphatic carbocycles. The molecule has 9 heteroatoms. The third-order valence-electron chi connectivity index (χ3n) is 7.95. The van der Waals surface area contributed by atoms with E-state index < -0.39 is 6.10 Å². The highest BCUT2D eigenvalue weighted by Gasteiger charge is 2.35. The van der Waals surface area contributed by atoms with E-state index in [4.69, 9.17) is 4.42 Å². The molecule has 0 spiro atoms. The molecule has 1 amide bonds. The number of carbonyl (C=O) groups excluding carboxylic acids is 1. The first-order valence-electron chi connectivity index (χ1n) is 12.7. The van der Waals surface area contributed by atoms with Crippen LogP contribution >= 0.6 is 24.8 Å². The number of halogens is 2. The Balaban J connectivity index is 0.00000152. The molecule has 0 saturated carbocycles. The van der Waals surface area contributed by atoms with Crippen LogP contribution in [0.5, 0.6) is 0 Å². The molecule has 0 radical (unpaired) electrons. The molecule has 1 aromatic carbocycles. The largest absolute Gasteiger partial charge is 0.459 e. The van der Waals surface area contributed by atoms with Crippen molar-refractivity contribution in [3.8, 4) is 0 Å². The van der Waals surface area contributed by atoms with Gasteiger partial charge in [0.2, 0.25) is 0 Å². The Morgan fingerprint density at radius 1 is 1.08 bits per heavy atom. The molecule has 196 valence electrons. The van der Waals surface area contributed by atoms with Crippen molar-refractivity contribution in [1.82, 2.24) is 19.3 Å².